The molecule has 0 amide bonds. The van der Waals surface area contributed by atoms with Crippen molar-refractivity contribution in [2.24, 2.45) is 7.05 Å². The summed E-state index contributed by atoms with van der Waals surface area (Å²) >= 11 is 0. The lowest BCUT2D eigenvalue weighted by Gasteiger charge is -2.08. The highest BCUT2D eigenvalue weighted by Gasteiger charge is 2.16. The smallest absolute Gasteiger partial charge is 0.305 e. The first-order valence-corrected chi connectivity index (χ1v) is 11.0. The van der Waals surface area contributed by atoms with Gasteiger partial charge in [-0.25, -0.2) is 4.98 Å². The van der Waals surface area contributed by atoms with Gasteiger partial charge in [0.15, 0.2) is 17.0 Å². The number of nitrogens with zero attached hydrogens (tertiary/aromatic N) is 7. The normalized spacial score (nSPS) is 11.0. The van der Waals surface area contributed by atoms with Gasteiger partial charge in [-0.2, -0.15) is 20.2 Å². The van der Waals surface area contributed by atoms with E-state index < -0.39 is 0 Å². The Bertz CT molecular complexity index is 1240. The summed E-state index contributed by atoms with van der Waals surface area (Å²) in [7, 11) is 1.82. The second-order valence-corrected chi connectivity index (χ2v) is 7.47. The Morgan fingerprint density at radius 1 is 1.12 bits per heavy atom. The van der Waals surface area contributed by atoms with Gasteiger partial charge in [0.25, 0.3) is 5.95 Å². The fraction of sp³-hybridized carbons (Fsp3) is 0.364. The number of aromatic nitrogens is 7. The van der Waals surface area contributed by atoms with Crippen LogP contribution in [0.25, 0.3) is 17.1 Å². The number of aryl methyl sites for hydroxylation is 1. The molecule has 12 heteroatoms. The standard InChI is InChI=1S/C22H27N9O3/c1-3-33-17(32)5-4-14-34-16-8-6-15(7-9-16)10-11-24-21-28-19(23)18-20(29-21)30(2)22(27-18)31-25-12-13-26-31/h6-9,12-13H,3-5,10-11,14H2,1-2H3,(H3,23,24,28,29). The van der Waals surface area contributed by atoms with Crippen molar-refractivity contribution >= 4 is 28.9 Å². The van der Waals surface area contributed by atoms with E-state index in [1.54, 1.807) is 23.9 Å². The molecule has 0 fully saturated rings. The predicted octanol–water partition coefficient (Wildman–Crippen LogP) is 1.90. The minimum atomic E-state index is -0.197. The van der Waals surface area contributed by atoms with Crippen molar-refractivity contribution in [1.29, 1.82) is 0 Å². The van der Waals surface area contributed by atoms with Gasteiger partial charge >= 0.3 is 5.97 Å². The first kappa shape index (κ1) is 23.0. The number of anilines is 2. The molecule has 178 valence electrons. The third kappa shape index (κ3) is 5.39. The molecule has 0 unspecified atom stereocenters. The van der Waals surface area contributed by atoms with Crippen molar-refractivity contribution < 1.29 is 14.3 Å². The van der Waals surface area contributed by atoms with Crippen LogP contribution in [-0.2, 0) is 23.0 Å². The number of imidazole rings is 1. The fourth-order valence-corrected chi connectivity index (χ4v) is 3.36. The molecule has 0 aliphatic rings. The Hall–Kier alpha value is -4.22. The van der Waals surface area contributed by atoms with Gasteiger partial charge in [-0.15, -0.1) is 4.80 Å². The summed E-state index contributed by atoms with van der Waals surface area (Å²) in [4.78, 5) is 26.1. The fourth-order valence-electron chi connectivity index (χ4n) is 3.36. The third-order valence-corrected chi connectivity index (χ3v) is 5.04. The maximum Gasteiger partial charge on any atom is 0.305 e. The van der Waals surface area contributed by atoms with Crippen LogP contribution in [0.2, 0.25) is 0 Å². The summed E-state index contributed by atoms with van der Waals surface area (Å²) in [6.07, 6.45) is 4.89. The van der Waals surface area contributed by atoms with E-state index in [0.29, 0.717) is 55.7 Å². The Balaban J connectivity index is 1.30. The number of carbonyl (C=O) groups excluding carboxylic acids is 1. The molecule has 0 radical (unpaired) electrons. The van der Waals surface area contributed by atoms with Gasteiger partial charge in [0.2, 0.25) is 5.95 Å². The predicted molar refractivity (Wildman–Crippen MR) is 126 cm³/mol. The molecule has 3 N–H and O–H groups in total. The molecule has 0 saturated heterocycles. The van der Waals surface area contributed by atoms with Crippen molar-refractivity contribution in [3.63, 3.8) is 0 Å². The van der Waals surface area contributed by atoms with E-state index in [1.165, 1.54) is 4.80 Å². The molecule has 0 atom stereocenters. The van der Waals surface area contributed by atoms with Gasteiger partial charge in [0.1, 0.15) is 5.75 Å². The van der Waals surface area contributed by atoms with Crippen LogP contribution in [0.15, 0.2) is 36.7 Å². The SMILES string of the molecule is CCOC(=O)CCCOc1ccc(CCNc2nc(N)c3nc(-n4nccn4)n(C)c3n2)cc1. The minimum Gasteiger partial charge on any atom is -0.494 e. The van der Waals surface area contributed by atoms with Crippen LogP contribution in [0.3, 0.4) is 0 Å². The number of nitrogens with one attached hydrogen (secondary N) is 1. The molecule has 4 aromatic rings. The minimum absolute atomic E-state index is 0.197. The summed E-state index contributed by atoms with van der Waals surface area (Å²) in [6.45, 7) is 3.28. The number of carbonyl (C=O) groups is 1. The van der Waals surface area contributed by atoms with Crippen LogP contribution < -0.4 is 15.8 Å². The Kier molecular flexibility index (Phi) is 7.16. The van der Waals surface area contributed by atoms with Crippen LogP contribution in [-0.4, -0.2) is 60.2 Å². The lowest BCUT2D eigenvalue weighted by molar-refractivity contribution is -0.143. The zero-order valence-electron chi connectivity index (χ0n) is 19.1. The quantitative estimate of drug-likeness (QED) is 0.248. The maximum absolute atomic E-state index is 11.3. The lowest BCUT2D eigenvalue weighted by atomic mass is 10.1. The molecule has 4 rings (SSSR count). The average molecular weight is 466 g/mol. The highest BCUT2D eigenvalue weighted by molar-refractivity contribution is 5.84. The maximum atomic E-state index is 11.3. The number of nitrogens with two attached hydrogens (primary N) is 1. The van der Waals surface area contributed by atoms with Gasteiger partial charge in [-0.05, 0) is 37.5 Å². The topological polar surface area (TPSA) is 148 Å². The first-order valence-electron chi connectivity index (χ1n) is 11.0. The Morgan fingerprint density at radius 3 is 2.62 bits per heavy atom. The summed E-state index contributed by atoms with van der Waals surface area (Å²) in [5.74, 6) is 1.78. The molecule has 3 aromatic heterocycles. The number of esters is 1. The zero-order chi connectivity index (χ0) is 23.9. The number of fused-ring (bicyclic) bond motifs is 1. The van der Waals surface area contributed by atoms with Gasteiger partial charge in [0, 0.05) is 20.0 Å². The van der Waals surface area contributed by atoms with E-state index in [1.807, 2.05) is 31.3 Å². The molecule has 0 saturated carbocycles. The van der Waals surface area contributed by atoms with Crippen molar-refractivity contribution in [2.75, 3.05) is 30.8 Å². The molecular weight excluding hydrogens is 438 g/mol. The van der Waals surface area contributed by atoms with Gasteiger partial charge in [-0.3, -0.25) is 9.36 Å². The highest BCUT2D eigenvalue weighted by atomic mass is 16.5. The van der Waals surface area contributed by atoms with E-state index in [4.69, 9.17) is 15.2 Å². The van der Waals surface area contributed by atoms with Crippen molar-refractivity contribution in [3.8, 4) is 11.7 Å². The molecule has 1 aromatic carbocycles. The van der Waals surface area contributed by atoms with E-state index >= 15 is 0 Å². The summed E-state index contributed by atoms with van der Waals surface area (Å²) in [5.41, 5.74) is 8.34. The molecule has 12 nitrogen and oxygen atoms in total. The number of benzene rings is 1. The monoisotopic (exact) mass is 465 g/mol. The van der Waals surface area contributed by atoms with Crippen molar-refractivity contribution in [2.45, 2.75) is 26.2 Å². The number of ether oxygens (including phenoxy) is 2. The molecule has 0 aliphatic heterocycles. The second kappa shape index (κ2) is 10.6. The van der Waals surface area contributed by atoms with Gasteiger partial charge < -0.3 is 20.5 Å². The van der Waals surface area contributed by atoms with E-state index in [-0.39, 0.29) is 11.8 Å². The molecule has 3 heterocycles. The third-order valence-electron chi connectivity index (χ3n) is 5.04. The van der Waals surface area contributed by atoms with Crippen molar-refractivity contribution in [3.05, 3.63) is 42.2 Å². The molecule has 0 bridgehead atoms. The molecule has 0 spiro atoms. The average Bonchev–Trinajstić information content (AvgIpc) is 3.47. The van der Waals surface area contributed by atoms with Crippen LogP contribution >= 0.6 is 0 Å². The Morgan fingerprint density at radius 2 is 1.88 bits per heavy atom. The summed E-state index contributed by atoms with van der Waals surface area (Å²) in [5, 5.41) is 11.4. The van der Waals surface area contributed by atoms with E-state index in [9.17, 15) is 4.79 Å². The number of hydrogen-bond acceptors (Lipinski definition) is 10. The van der Waals surface area contributed by atoms with E-state index in [0.717, 1.165) is 17.7 Å². The number of nitrogen functional groups attached to an aromatic ring is 1. The second-order valence-electron chi connectivity index (χ2n) is 7.47. The molecule has 0 aliphatic carbocycles. The van der Waals surface area contributed by atoms with Crippen molar-refractivity contribution in [1.82, 2.24) is 34.5 Å². The number of rotatable bonds is 11. The van der Waals surface area contributed by atoms with Gasteiger partial charge in [-0.1, -0.05) is 12.1 Å². The van der Waals surface area contributed by atoms with Crippen LogP contribution in [0, 0.1) is 0 Å². The number of hydrogen-bond donors (Lipinski definition) is 2. The van der Waals surface area contributed by atoms with E-state index in [2.05, 4.69) is 30.5 Å². The first-order chi connectivity index (χ1) is 16.5. The molecule has 34 heavy (non-hydrogen) atoms. The molecular formula is C22H27N9O3. The summed E-state index contributed by atoms with van der Waals surface area (Å²) in [6, 6.07) is 7.85. The van der Waals surface area contributed by atoms with Crippen LogP contribution in [0.5, 0.6) is 5.75 Å². The van der Waals surface area contributed by atoms with Crippen LogP contribution in [0.4, 0.5) is 11.8 Å². The summed E-state index contributed by atoms with van der Waals surface area (Å²) < 4.78 is 12.4. The Labute approximate surface area is 196 Å². The van der Waals surface area contributed by atoms with Gasteiger partial charge in [0.05, 0.1) is 25.6 Å². The lowest BCUT2D eigenvalue weighted by Crippen LogP contribution is -2.10. The highest BCUT2D eigenvalue weighted by Crippen LogP contribution is 2.21. The van der Waals surface area contributed by atoms with Crippen LogP contribution in [0.1, 0.15) is 25.3 Å². The zero-order valence-corrected chi connectivity index (χ0v) is 19.1. The largest absolute Gasteiger partial charge is 0.494 e.